The van der Waals surface area contributed by atoms with Gasteiger partial charge in [0.2, 0.25) is 0 Å². The number of aliphatic hydroxyl groups excluding tert-OH is 1. The van der Waals surface area contributed by atoms with Crippen LogP contribution in [0.4, 0.5) is 5.69 Å². The van der Waals surface area contributed by atoms with E-state index in [2.05, 4.69) is 49.5 Å². The molecular formula is C30H34Cl2N2O5. The summed E-state index contributed by atoms with van der Waals surface area (Å²) in [7, 11) is 0. The highest BCUT2D eigenvalue weighted by atomic mass is 35.5. The number of aliphatic hydroxyl groups is 1. The van der Waals surface area contributed by atoms with E-state index in [9.17, 15) is 15.0 Å². The van der Waals surface area contributed by atoms with Crippen molar-refractivity contribution >= 4 is 47.2 Å². The number of rotatable bonds is 11. The number of nitrogens with one attached hydrogen (secondary N) is 1. The van der Waals surface area contributed by atoms with Gasteiger partial charge in [0, 0.05) is 18.2 Å². The monoisotopic (exact) mass is 572 g/mol. The number of hydrogen-bond acceptors (Lipinski definition) is 6. The van der Waals surface area contributed by atoms with Crippen LogP contribution in [0.15, 0.2) is 84.9 Å². The van der Waals surface area contributed by atoms with Gasteiger partial charge in [-0.15, -0.1) is 24.8 Å². The molecule has 0 aliphatic heterocycles. The predicted molar refractivity (Wildman–Crippen MR) is 160 cm³/mol. The third-order valence-electron chi connectivity index (χ3n) is 6.04. The predicted octanol–water partition coefficient (Wildman–Crippen LogP) is 6.11. The van der Waals surface area contributed by atoms with Gasteiger partial charge >= 0.3 is 5.97 Å². The molecule has 4 aromatic carbocycles. The standard InChI is InChI=1S/C30H32N2O5.2ClH/c1-30(2,17-20-11-12-21-7-3-4-8-22(21)15-20)32-18-23(33)19-36-24-13-14-25(29(34)35)28(16-24)37-27-10-6-5-9-26(27)31;;/h3-16,23,32-33H,17-19,31H2,1-2H3,(H,34,35);2*1H. The Labute approximate surface area is 240 Å². The summed E-state index contributed by atoms with van der Waals surface area (Å²) in [6.07, 6.45) is 0.0231. The Kier molecular flexibility index (Phi) is 11.4. The first-order valence-electron chi connectivity index (χ1n) is 12.1. The highest BCUT2D eigenvalue weighted by Crippen LogP contribution is 2.32. The van der Waals surface area contributed by atoms with E-state index in [0.717, 1.165) is 6.42 Å². The van der Waals surface area contributed by atoms with Gasteiger partial charge in [-0.3, -0.25) is 0 Å². The molecule has 4 rings (SSSR count). The van der Waals surface area contributed by atoms with Crippen molar-refractivity contribution in [3.63, 3.8) is 0 Å². The molecule has 1 unspecified atom stereocenters. The Morgan fingerprint density at radius 1 is 0.923 bits per heavy atom. The number of benzene rings is 4. The van der Waals surface area contributed by atoms with Crippen LogP contribution >= 0.6 is 24.8 Å². The fourth-order valence-electron chi connectivity index (χ4n) is 4.11. The zero-order valence-corrected chi connectivity index (χ0v) is 23.4. The molecule has 0 aromatic heterocycles. The van der Waals surface area contributed by atoms with E-state index in [4.69, 9.17) is 15.2 Å². The van der Waals surface area contributed by atoms with Crippen LogP contribution in [0, 0.1) is 0 Å². The number of ether oxygens (including phenoxy) is 2. The topological polar surface area (TPSA) is 114 Å². The molecule has 39 heavy (non-hydrogen) atoms. The van der Waals surface area contributed by atoms with Crippen molar-refractivity contribution in [1.29, 1.82) is 0 Å². The molecule has 9 heteroatoms. The second kappa shape index (κ2) is 14.1. The number of fused-ring (bicyclic) bond motifs is 1. The molecule has 0 heterocycles. The van der Waals surface area contributed by atoms with Crippen molar-refractivity contribution in [3.05, 3.63) is 96.1 Å². The molecule has 0 saturated heterocycles. The largest absolute Gasteiger partial charge is 0.491 e. The molecule has 0 fully saturated rings. The van der Waals surface area contributed by atoms with Gasteiger partial charge in [0.1, 0.15) is 35.5 Å². The first-order valence-corrected chi connectivity index (χ1v) is 12.1. The van der Waals surface area contributed by atoms with Gasteiger partial charge in [-0.05, 0) is 60.9 Å². The summed E-state index contributed by atoms with van der Waals surface area (Å²) < 4.78 is 11.5. The first-order chi connectivity index (χ1) is 17.7. The van der Waals surface area contributed by atoms with Crippen molar-refractivity contribution in [3.8, 4) is 17.2 Å². The van der Waals surface area contributed by atoms with Crippen molar-refractivity contribution in [1.82, 2.24) is 5.32 Å². The Bertz CT molecular complexity index is 1400. The molecular weight excluding hydrogens is 539 g/mol. The fourth-order valence-corrected chi connectivity index (χ4v) is 4.11. The third-order valence-corrected chi connectivity index (χ3v) is 6.04. The van der Waals surface area contributed by atoms with Crippen LogP contribution in [-0.4, -0.2) is 41.0 Å². The van der Waals surface area contributed by atoms with Crippen LogP contribution in [-0.2, 0) is 6.42 Å². The Hall–Kier alpha value is -3.49. The average molecular weight is 574 g/mol. The quantitative estimate of drug-likeness (QED) is 0.160. The van der Waals surface area contributed by atoms with Crippen LogP contribution < -0.4 is 20.5 Å². The number of nitrogens with two attached hydrogens (primary N) is 1. The van der Waals surface area contributed by atoms with E-state index in [0.29, 0.717) is 23.7 Å². The zero-order valence-electron chi connectivity index (χ0n) is 21.8. The number of hydrogen-bond donors (Lipinski definition) is 4. The van der Waals surface area contributed by atoms with Crippen LogP contribution in [0.3, 0.4) is 0 Å². The molecule has 7 nitrogen and oxygen atoms in total. The normalized spacial score (nSPS) is 11.7. The van der Waals surface area contributed by atoms with Crippen LogP contribution in [0.1, 0.15) is 29.8 Å². The lowest BCUT2D eigenvalue weighted by Crippen LogP contribution is -2.46. The SMILES string of the molecule is CC(C)(Cc1ccc2ccccc2c1)NCC(O)COc1ccc(C(=O)O)c(Oc2ccccc2N)c1.Cl.Cl. The second-order valence-corrected chi connectivity index (χ2v) is 9.69. The number of carboxylic acid groups (broad SMARTS) is 1. The summed E-state index contributed by atoms with van der Waals surface area (Å²) in [5.41, 5.74) is 7.26. The minimum atomic E-state index is -1.13. The highest BCUT2D eigenvalue weighted by molar-refractivity contribution is 5.91. The molecule has 0 saturated carbocycles. The molecule has 0 amide bonds. The van der Waals surface area contributed by atoms with Crippen molar-refractivity contribution < 1.29 is 24.5 Å². The number of carbonyl (C=O) groups is 1. The van der Waals surface area contributed by atoms with Gasteiger partial charge in [0.15, 0.2) is 0 Å². The van der Waals surface area contributed by atoms with Gasteiger partial charge < -0.3 is 30.7 Å². The molecule has 0 aliphatic carbocycles. The molecule has 0 spiro atoms. The highest BCUT2D eigenvalue weighted by Gasteiger charge is 2.20. The van der Waals surface area contributed by atoms with Gasteiger partial charge in [-0.25, -0.2) is 4.79 Å². The third kappa shape index (κ3) is 8.76. The molecule has 0 bridgehead atoms. The summed E-state index contributed by atoms with van der Waals surface area (Å²) in [5.74, 6) is -0.301. The number of β-amino-alcohol motifs (C(OH)–C–C–N with tert-alkyl or cyclic N) is 1. The maximum atomic E-state index is 11.6. The number of aromatic carboxylic acids is 1. The first kappa shape index (κ1) is 31.7. The lowest BCUT2D eigenvalue weighted by molar-refractivity contribution is 0.0693. The summed E-state index contributed by atoms with van der Waals surface area (Å²) >= 11 is 0. The van der Waals surface area contributed by atoms with Crippen molar-refractivity contribution in [2.75, 3.05) is 18.9 Å². The van der Waals surface area contributed by atoms with E-state index < -0.39 is 12.1 Å². The zero-order chi connectivity index (χ0) is 26.4. The van der Waals surface area contributed by atoms with Gasteiger partial charge in [-0.1, -0.05) is 54.6 Å². The Morgan fingerprint density at radius 2 is 1.62 bits per heavy atom. The Balaban J connectivity index is 0.00000267. The van der Waals surface area contributed by atoms with Crippen LogP contribution in [0.25, 0.3) is 10.8 Å². The van der Waals surface area contributed by atoms with Gasteiger partial charge in [0.25, 0.3) is 0 Å². The number of para-hydroxylation sites is 2. The molecule has 208 valence electrons. The second-order valence-electron chi connectivity index (χ2n) is 9.69. The molecule has 0 aliphatic rings. The minimum Gasteiger partial charge on any atom is -0.491 e. The molecule has 5 N–H and O–H groups in total. The number of halogens is 2. The van der Waals surface area contributed by atoms with E-state index >= 15 is 0 Å². The van der Waals surface area contributed by atoms with E-state index in [1.54, 1.807) is 24.3 Å². The molecule has 1 atom stereocenters. The summed E-state index contributed by atoms with van der Waals surface area (Å²) in [6, 6.07) is 26.0. The van der Waals surface area contributed by atoms with Gasteiger partial charge in [-0.2, -0.15) is 0 Å². The van der Waals surface area contributed by atoms with Crippen molar-refractivity contribution in [2.24, 2.45) is 0 Å². The summed E-state index contributed by atoms with van der Waals surface area (Å²) in [4.78, 5) is 11.6. The maximum Gasteiger partial charge on any atom is 0.339 e. The van der Waals surface area contributed by atoms with Crippen LogP contribution in [0.5, 0.6) is 17.2 Å². The van der Waals surface area contributed by atoms with Crippen molar-refractivity contribution in [2.45, 2.75) is 31.9 Å². The molecule has 4 aromatic rings. The smallest absolute Gasteiger partial charge is 0.339 e. The van der Waals surface area contributed by atoms with E-state index in [-0.39, 0.29) is 48.3 Å². The van der Waals surface area contributed by atoms with E-state index in [1.807, 2.05) is 12.1 Å². The fraction of sp³-hybridized carbons (Fsp3) is 0.233. The minimum absolute atomic E-state index is 0. The number of nitrogen functional groups attached to an aromatic ring is 1. The van der Waals surface area contributed by atoms with Crippen LogP contribution in [0.2, 0.25) is 0 Å². The van der Waals surface area contributed by atoms with Gasteiger partial charge in [0.05, 0.1) is 5.69 Å². The molecule has 0 radical (unpaired) electrons. The summed E-state index contributed by atoms with van der Waals surface area (Å²) in [5, 5.41) is 25.9. The average Bonchev–Trinajstić information content (AvgIpc) is 2.87. The Morgan fingerprint density at radius 3 is 2.33 bits per heavy atom. The maximum absolute atomic E-state index is 11.6. The number of anilines is 1. The summed E-state index contributed by atoms with van der Waals surface area (Å²) in [6.45, 7) is 4.55. The van der Waals surface area contributed by atoms with E-state index in [1.165, 1.54) is 34.5 Å². The number of carboxylic acids is 1. The lowest BCUT2D eigenvalue weighted by Gasteiger charge is -2.28. The lowest BCUT2D eigenvalue weighted by atomic mass is 9.93.